The van der Waals surface area contributed by atoms with Crippen LogP contribution in [0, 0.1) is 11.8 Å². The highest BCUT2D eigenvalue weighted by Gasteiger charge is 2.24. The number of rotatable bonds is 2. The van der Waals surface area contributed by atoms with Crippen LogP contribution in [0.15, 0.2) is 0 Å². The maximum Gasteiger partial charge on any atom is 0.208 e. The Hall–Kier alpha value is -0.640. The molecule has 2 rings (SSSR count). The summed E-state index contributed by atoms with van der Waals surface area (Å²) in [4.78, 5) is 2.41. The Morgan fingerprint density at radius 1 is 1.19 bits per heavy atom. The van der Waals surface area contributed by atoms with Gasteiger partial charge in [0.1, 0.15) is 5.01 Å². The molecule has 0 bridgehead atoms. The molecule has 1 saturated heterocycles. The third-order valence-corrected chi connectivity index (χ3v) is 4.35. The first-order chi connectivity index (χ1) is 7.56. The molecule has 2 heterocycles. The number of hydrogen-bond acceptors (Lipinski definition) is 4. The van der Waals surface area contributed by atoms with Crippen molar-refractivity contribution in [3.63, 3.8) is 0 Å². The van der Waals surface area contributed by atoms with Crippen LogP contribution in [0.2, 0.25) is 0 Å². The second-order valence-electron chi connectivity index (χ2n) is 5.43. The molecule has 3 nitrogen and oxygen atoms in total. The Kier molecular flexibility index (Phi) is 3.47. The first kappa shape index (κ1) is 11.8. The van der Waals surface area contributed by atoms with Crippen molar-refractivity contribution < 1.29 is 0 Å². The molecule has 4 heteroatoms. The van der Waals surface area contributed by atoms with Gasteiger partial charge in [0.15, 0.2) is 0 Å². The zero-order chi connectivity index (χ0) is 11.7. The fourth-order valence-electron chi connectivity index (χ4n) is 2.41. The van der Waals surface area contributed by atoms with Crippen molar-refractivity contribution in [2.24, 2.45) is 11.8 Å². The highest BCUT2D eigenvalue weighted by molar-refractivity contribution is 7.15. The molecule has 0 aromatic carbocycles. The van der Waals surface area contributed by atoms with E-state index in [1.807, 2.05) is 0 Å². The summed E-state index contributed by atoms with van der Waals surface area (Å²) in [7, 11) is 0. The molecule has 1 aromatic rings. The number of anilines is 1. The van der Waals surface area contributed by atoms with Gasteiger partial charge in [0.2, 0.25) is 5.13 Å². The molecule has 1 fully saturated rings. The molecule has 2 unspecified atom stereocenters. The van der Waals surface area contributed by atoms with Gasteiger partial charge < -0.3 is 4.90 Å². The summed E-state index contributed by atoms with van der Waals surface area (Å²) in [5.41, 5.74) is 0. The van der Waals surface area contributed by atoms with Gasteiger partial charge in [-0.15, -0.1) is 10.2 Å². The van der Waals surface area contributed by atoms with Crippen LogP contribution in [-0.2, 0) is 0 Å². The standard InChI is InChI=1S/C12H21N3S/c1-8(2)11-13-14-12(16-11)15-6-9(3)5-10(4)7-15/h8-10H,5-7H2,1-4H3. The fraction of sp³-hybridized carbons (Fsp3) is 0.833. The first-order valence-electron chi connectivity index (χ1n) is 6.14. The van der Waals surface area contributed by atoms with Crippen LogP contribution in [0.1, 0.15) is 45.0 Å². The molecule has 2 atom stereocenters. The molecule has 0 amide bonds. The van der Waals surface area contributed by atoms with Crippen LogP contribution in [0.5, 0.6) is 0 Å². The van der Waals surface area contributed by atoms with Crippen molar-refractivity contribution in [3.8, 4) is 0 Å². The third kappa shape index (κ3) is 2.54. The molecule has 1 aliphatic heterocycles. The lowest BCUT2D eigenvalue weighted by Gasteiger charge is -2.34. The van der Waals surface area contributed by atoms with Crippen LogP contribution in [0.4, 0.5) is 5.13 Å². The molecule has 1 aromatic heterocycles. The Labute approximate surface area is 102 Å². The molecule has 0 aliphatic carbocycles. The molecule has 0 radical (unpaired) electrons. The van der Waals surface area contributed by atoms with Crippen LogP contribution < -0.4 is 4.90 Å². The van der Waals surface area contributed by atoms with Gasteiger partial charge in [-0.2, -0.15) is 0 Å². The molecular weight excluding hydrogens is 218 g/mol. The first-order valence-corrected chi connectivity index (χ1v) is 6.96. The SMILES string of the molecule is CC1CC(C)CN(c2nnc(C(C)C)s2)C1. The monoisotopic (exact) mass is 239 g/mol. The van der Waals surface area contributed by atoms with Gasteiger partial charge in [0.25, 0.3) is 0 Å². The number of hydrogen-bond donors (Lipinski definition) is 0. The van der Waals surface area contributed by atoms with E-state index in [9.17, 15) is 0 Å². The van der Waals surface area contributed by atoms with Crippen molar-refractivity contribution in [2.45, 2.75) is 40.0 Å². The van der Waals surface area contributed by atoms with Gasteiger partial charge in [-0.1, -0.05) is 39.0 Å². The Morgan fingerprint density at radius 2 is 1.81 bits per heavy atom. The van der Waals surface area contributed by atoms with Gasteiger partial charge in [-0.05, 0) is 18.3 Å². The van der Waals surface area contributed by atoms with Gasteiger partial charge in [-0.3, -0.25) is 0 Å². The lowest BCUT2D eigenvalue weighted by atomic mass is 9.92. The summed E-state index contributed by atoms with van der Waals surface area (Å²) in [5.74, 6) is 2.04. The van der Waals surface area contributed by atoms with E-state index in [2.05, 4.69) is 42.8 Å². The minimum Gasteiger partial charge on any atom is -0.346 e. The largest absolute Gasteiger partial charge is 0.346 e. The minimum atomic E-state index is 0.492. The molecular formula is C12H21N3S. The van der Waals surface area contributed by atoms with Crippen molar-refractivity contribution in [1.29, 1.82) is 0 Å². The molecule has 1 aliphatic rings. The maximum absolute atomic E-state index is 4.32. The van der Waals surface area contributed by atoms with E-state index in [0.717, 1.165) is 35.1 Å². The smallest absolute Gasteiger partial charge is 0.208 e. The predicted octanol–water partition coefficient (Wildman–Crippen LogP) is 3.14. The third-order valence-electron chi connectivity index (χ3n) is 3.06. The summed E-state index contributed by atoms with van der Waals surface area (Å²) in [6.07, 6.45) is 1.34. The summed E-state index contributed by atoms with van der Waals surface area (Å²) < 4.78 is 0. The zero-order valence-electron chi connectivity index (χ0n) is 10.6. The summed E-state index contributed by atoms with van der Waals surface area (Å²) in [6, 6.07) is 0. The Morgan fingerprint density at radius 3 is 2.31 bits per heavy atom. The maximum atomic E-state index is 4.32. The average molecular weight is 239 g/mol. The highest BCUT2D eigenvalue weighted by atomic mass is 32.1. The average Bonchev–Trinajstić information content (AvgIpc) is 2.64. The second kappa shape index (κ2) is 4.70. The Balaban J connectivity index is 2.10. The molecule has 0 saturated carbocycles. The van der Waals surface area contributed by atoms with E-state index in [1.165, 1.54) is 6.42 Å². The Bertz CT molecular complexity index is 338. The van der Waals surface area contributed by atoms with Crippen LogP contribution >= 0.6 is 11.3 Å². The highest BCUT2D eigenvalue weighted by Crippen LogP contribution is 2.30. The molecule has 90 valence electrons. The quantitative estimate of drug-likeness (QED) is 0.794. The topological polar surface area (TPSA) is 29.0 Å². The van der Waals surface area contributed by atoms with E-state index < -0.39 is 0 Å². The lowest BCUT2D eigenvalue weighted by Crippen LogP contribution is -2.38. The normalized spacial score (nSPS) is 26.4. The van der Waals surface area contributed by atoms with E-state index in [-0.39, 0.29) is 0 Å². The van der Waals surface area contributed by atoms with Crippen LogP contribution in [-0.4, -0.2) is 23.3 Å². The van der Waals surface area contributed by atoms with Crippen LogP contribution in [0.3, 0.4) is 0 Å². The lowest BCUT2D eigenvalue weighted by molar-refractivity contribution is 0.356. The second-order valence-corrected chi connectivity index (χ2v) is 6.42. The number of piperidine rings is 1. The molecule has 0 N–H and O–H groups in total. The number of aromatic nitrogens is 2. The van der Waals surface area contributed by atoms with Crippen molar-refractivity contribution in [2.75, 3.05) is 18.0 Å². The summed E-state index contributed by atoms with van der Waals surface area (Å²) >= 11 is 1.76. The van der Waals surface area contributed by atoms with Gasteiger partial charge in [0, 0.05) is 19.0 Å². The van der Waals surface area contributed by atoms with Crippen molar-refractivity contribution >= 4 is 16.5 Å². The van der Waals surface area contributed by atoms with E-state index >= 15 is 0 Å². The van der Waals surface area contributed by atoms with E-state index in [0.29, 0.717) is 5.92 Å². The van der Waals surface area contributed by atoms with Crippen molar-refractivity contribution in [3.05, 3.63) is 5.01 Å². The summed E-state index contributed by atoms with van der Waals surface area (Å²) in [5, 5.41) is 10.9. The van der Waals surface area contributed by atoms with Gasteiger partial charge in [0.05, 0.1) is 0 Å². The zero-order valence-corrected chi connectivity index (χ0v) is 11.4. The van der Waals surface area contributed by atoms with Crippen LogP contribution in [0.25, 0.3) is 0 Å². The summed E-state index contributed by atoms with van der Waals surface area (Å²) in [6.45, 7) is 11.3. The predicted molar refractivity (Wildman–Crippen MR) is 69.2 cm³/mol. The minimum absolute atomic E-state index is 0.492. The van der Waals surface area contributed by atoms with Gasteiger partial charge >= 0.3 is 0 Å². The molecule has 0 spiro atoms. The van der Waals surface area contributed by atoms with E-state index in [1.54, 1.807) is 11.3 Å². The van der Waals surface area contributed by atoms with Gasteiger partial charge in [-0.25, -0.2) is 0 Å². The number of nitrogens with zero attached hydrogens (tertiary/aromatic N) is 3. The molecule has 16 heavy (non-hydrogen) atoms. The van der Waals surface area contributed by atoms with E-state index in [4.69, 9.17) is 0 Å². The fourth-order valence-corrected chi connectivity index (χ4v) is 3.27. The van der Waals surface area contributed by atoms with Crippen molar-refractivity contribution in [1.82, 2.24) is 10.2 Å².